The number of amides is 2. The van der Waals surface area contributed by atoms with Crippen LogP contribution in [0, 0.1) is 6.92 Å². The van der Waals surface area contributed by atoms with Gasteiger partial charge < -0.3 is 24.8 Å². The van der Waals surface area contributed by atoms with Crippen molar-refractivity contribution in [3.63, 3.8) is 0 Å². The third-order valence-electron chi connectivity index (χ3n) is 5.81. The first-order valence-electron chi connectivity index (χ1n) is 10.6. The molecule has 1 fully saturated rings. The monoisotopic (exact) mass is 473 g/mol. The SMILES string of the molecule is Cc1cc2c(cc1S(=O)(=O)N1CCC[C@@H]1C(=O)Nc1ccc3c(c1)OCCO3)OCC(=O)N2. The number of nitrogens with one attached hydrogen (secondary N) is 2. The maximum absolute atomic E-state index is 13.5. The molecule has 0 bridgehead atoms. The molecule has 0 saturated carbocycles. The van der Waals surface area contributed by atoms with E-state index >= 15 is 0 Å². The molecule has 10 nitrogen and oxygen atoms in total. The van der Waals surface area contributed by atoms with Gasteiger partial charge in [-0.25, -0.2) is 8.42 Å². The Morgan fingerprint density at radius 2 is 1.88 bits per heavy atom. The topological polar surface area (TPSA) is 123 Å². The molecule has 1 saturated heterocycles. The number of sulfonamides is 1. The number of hydrogen-bond donors (Lipinski definition) is 2. The van der Waals surface area contributed by atoms with E-state index in [1.54, 1.807) is 31.2 Å². The number of aryl methyl sites for hydroxylation is 1. The zero-order valence-electron chi connectivity index (χ0n) is 17.9. The third-order valence-corrected chi connectivity index (χ3v) is 7.86. The van der Waals surface area contributed by atoms with Crippen LogP contribution in [0.15, 0.2) is 35.2 Å². The summed E-state index contributed by atoms with van der Waals surface area (Å²) < 4.78 is 44.7. The van der Waals surface area contributed by atoms with Crippen molar-refractivity contribution < 1.29 is 32.2 Å². The van der Waals surface area contributed by atoms with E-state index in [9.17, 15) is 18.0 Å². The number of benzene rings is 2. The van der Waals surface area contributed by atoms with E-state index in [0.717, 1.165) is 0 Å². The Labute approximate surface area is 190 Å². The lowest BCUT2D eigenvalue weighted by Crippen LogP contribution is -2.43. The van der Waals surface area contributed by atoms with E-state index in [0.29, 0.717) is 54.5 Å². The van der Waals surface area contributed by atoms with Crippen molar-refractivity contribution in [2.75, 3.05) is 37.0 Å². The van der Waals surface area contributed by atoms with Crippen LogP contribution in [0.4, 0.5) is 11.4 Å². The van der Waals surface area contributed by atoms with Crippen LogP contribution in [0.5, 0.6) is 17.2 Å². The van der Waals surface area contributed by atoms with Crippen LogP contribution in [0.2, 0.25) is 0 Å². The average Bonchev–Trinajstić information content (AvgIpc) is 3.29. The van der Waals surface area contributed by atoms with Crippen molar-refractivity contribution in [2.45, 2.75) is 30.7 Å². The number of ether oxygens (including phenoxy) is 3. The molecular formula is C22H23N3O7S. The first-order chi connectivity index (χ1) is 15.8. The first-order valence-corrected chi connectivity index (χ1v) is 12.1. The fraction of sp³-hybridized carbons (Fsp3) is 0.364. The summed E-state index contributed by atoms with van der Waals surface area (Å²) in [6.07, 6.45) is 0.973. The summed E-state index contributed by atoms with van der Waals surface area (Å²) in [5.41, 5.74) is 1.39. The summed E-state index contributed by atoms with van der Waals surface area (Å²) in [5.74, 6) is 0.715. The molecular weight excluding hydrogens is 450 g/mol. The van der Waals surface area contributed by atoms with Gasteiger partial charge in [0.2, 0.25) is 15.9 Å². The largest absolute Gasteiger partial charge is 0.486 e. The molecule has 33 heavy (non-hydrogen) atoms. The Hall–Kier alpha value is -3.31. The van der Waals surface area contributed by atoms with Gasteiger partial charge in [0.25, 0.3) is 5.91 Å². The summed E-state index contributed by atoms with van der Waals surface area (Å²) in [7, 11) is -3.98. The van der Waals surface area contributed by atoms with E-state index in [1.165, 1.54) is 10.4 Å². The van der Waals surface area contributed by atoms with Gasteiger partial charge in [0, 0.05) is 24.4 Å². The van der Waals surface area contributed by atoms with Gasteiger partial charge in [-0.15, -0.1) is 0 Å². The summed E-state index contributed by atoms with van der Waals surface area (Å²) in [6.45, 7) is 2.59. The summed E-state index contributed by atoms with van der Waals surface area (Å²) in [4.78, 5) is 24.7. The average molecular weight is 474 g/mol. The Morgan fingerprint density at radius 3 is 2.70 bits per heavy atom. The lowest BCUT2D eigenvalue weighted by molar-refractivity contribution is -0.119. The van der Waals surface area contributed by atoms with Crippen LogP contribution in [-0.2, 0) is 19.6 Å². The van der Waals surface area contributed by atoms with E-state index in [1.807, 2.05) is 0 Å². The van der Waals surface area contributed by atoms with Crippen LogP contribution in [0.1, 0.15) is 18.4 Å². The van der Waals surface area contributed by atoms with E-state index < -0.39 is 22.0 Å². The van der Waals surface area contributed by atoms with Gasteiger partial charge in [-0.05, 0) is 43.5 Å². The number of fused-ring (bicyclic) bond motifs is 2. The highest BCUT2D eigenvalue weighted by molar-refractivity contribution is 7.89. The zero-order valence-corrected chi connectivity index (χ0v) is 18.7. The smallest absolute Gasteiger partial charge is 0.262 e. The molecule has 11 heteroatoms. The summed E-state index contributed by atoms with van der Waals surface area (Å²) in [5, 5.41) is 5.47. The van der Waals surface area contributed by atoms with Crippen LogP contribution >= 0.6 is 0 Å². The van der Waals surface area contributed by atoms with E-state index in [-0.39, 0.29) is 29.7 Å². The molecule has 0 unspecified atom stereocenters. The minimum absolute atomic E-state index is 0.0522. The predicted octanol–water partition coefficient (Wildman–Crippen LogP) is 1.89. The molecule has 5 rings (SSSR count). The molecule has 0 radical (unpaired) electrons. The Balaban J connectivity index is 1.39. The molecule has 2 aromatic carbocycles. The van der Waals surface area contributed by atoms with E-state index in [4.69, 9.17) is 14.2 Å². The molecule has 0 spiro atoms. The van der Waals surface area contributed by atoms with Gasteiger partial charge in [-0.1, -0.05) is 0 Å². The molecule has 1 atom stereocenters. The van der Waals surface area contributed by atoms with Crippen molar-refractivity contribution in [3.05, 3.63) is 35.9 Å². The lowest BCUT2D eigenvalue weighted by Gasteiger charge is -2.26. The Kier molecular flexibility index (Phi) is 5.37. The molecule has 0 aliphatic carbocycles. The second-order valence-electron chi connectivity index (χ2n) is 8.07. The van der Waals surface area contributed by atoms with Crippen LogP contribution in [-0.4, -0.2) is 56.9 Å². The number of anilines is 2. The van der Waals surface area contributed by atoms with Gasteiger partial charge >= 0.3 is 0 Å². The Morgan fingerprint density at radius 1 is 1.09 bits per heavy atom. The number of carbonyl (C=O) groups is 2. The van der Waals surface area contributed by atoms with Crippen LogP contribution in [0.3, 0.4) is 0 Å². The molecule has 3 heterocycles. The molecule has 0 aromatic heterocycles. The predicted molar refractivity (Wildman–Crippen MR) is 118 cm³/mol. The number of hydrogen-bond acceptors (Lipinski definition) is 7. The van der Waals surface area contributed by atoms with Crippen molar-refractivity contribution in [3.8, 4) is 17.2 Å². The highest BCUT2D eigenvalue weighted by Crippen LogP contribution is 2.37. The number of nitrogens with zero attached hydrogens (tertiary/aromatic N) is 1. The van der Waals surface area contributed by atoms with Gasteiger partial charge in [0.1, 0.15) is 25.0 Å². The second kappa shape index (κ2) is 8.23. The van der Waals surface area contributed by atoms with Crippen molar-refractivity contribution in [1.29, 1.82) is 0 Å². The number of carbonyl (C=O) groups excluding carboxylic acids is 2. The molecule has 3 aliphatic heterocycles. The van der Waals surface area contributed by atoms with Crippen molar-refractivity contribution in [1.82, 2.24) is 4.31 Å². The fourth-order valence-corrected chi connectivity index (χ4v) is 6.14. The fourth-order valence-electron chi connectivity index (χ4n) is 4.26. The second-order valence-corrected chi connectivity index (χ2v) is 9.93. The van der Waals surface area contributed by atoms with Gasteiger partial charge in [0.05, 0.1) is 10.6 Å². The van der Waals surface area contributed by atoms with Crippen molar-refractivity contribution in [2.24, 2.45) is 0 Å². The van der Waals surface area contributed by atoms with Crippen LogP contribution in [0.25, 0.3) is 0 Å². The van der Waals surface area contributed by atoms with Crippen molar-refractivity contribution >= 4 is 33.2 Å². The summed E-state index contributed by atoms with van der Waals surface area (Å²) >= 11 is 0. The quantitative estimate of drug-likeness (QED) is 0.695. The van der Waals surface area contributed by atoms with Crippen LogP contribution < -0.4 is 24.8 Å². The zero-order chi connectivity index (χ0) is 23.2. The molecule has 2 amide bonds. The third kappa shape index (κ3) is 3.98. The van der Waals surface area contributed by atoms with Gasteiger partial charge in [0.15, 0.2) is 18.1 Å². The maximum Gasteiger partial charge on any atom is 0.262 e. The maximum atomic E-state index is 13.5. The molecule has 2 aromatic rings. The number of rotatable bonds is 4. The highest BCUT2D eigenvalue weighted by Gasteiger charge is 2.40. The van der Waals surface area contributed by atoms with Gasteiger partial charge in [-0.2, -0.15) is 4.31 Å². The first kappa shape index (κ1) is 21.5. The molecule has 3 aliphatic rings. The van der Waals surface area contributed by atoms with E-state index in [2.05, 4.69) is 10.6 Å². The standard InChI is InChI=1S/C22H23N3O7S/c1-13-9-15-18(32-12-21(26)24-15)11-20(13)33(28,29)25-6-2-3-16(25)22(27)23-14-4-5-17-19(10-14)31-8-7-30-17/h4-5,9-11,16H,2-3,6-8,12H2,1H3,(H,23,27)(H,24,26)/t16-/m1/s1. The molecule has 2 N–H and O–H groups in total. The summed E-state index contributed by atoms with van der Waals surface area (Å²) in [6, 6.07) is 7.20. The Bertz CT molecular complexity index is 1240. The minimum Gasteiger partial charge on any atom is -0.486 e. The van der Waals surface area contributed by atoms with Gasteiger partial charge in [-0.3, -0.25) is 9.59 Å². The molecule has 174 valence electrons. The highest BCUT2D eigenvalue weighted by atomic mass is 32.2. The minimum atomic E-state index is -3.98. The normalized spacial score (nSPS) is 19.9. The lowest BCUT2D eigenvalue weighted by atomic mass is 10.2.